The highest BCUT2D eigenvalue weighted by atomic mass is 79.9. The van der Waals surface area contributed by atoms with Gasteiger partial charge in [-0.05, 0) is 22.0 Å². The number of carbonyl (C=O) groups is 2. The molecule has 4 nitrogen and oxygen atoms in total. The lowest BCUT2D eigenvalue weighted by molar-refractivity contribution is -0.119. The summed E-state index contributed by atoms with van der Waals surface area (Å²) in [7, 11) is 0. The molecule has 70 valence electrons. The summed E-state index contributed by atoms with van der Waals surface area (Å²) in [5.41, 5.74) is 4.98. The molecular weight excluding hydrogens is 256 g/mol. The summed E-state index contributed by atoms with van der Waals surface area (Å²) in [6.07, 6.45) is 0. The fourth-order valence-corrected chi connectivity index (χ4v) is 1.78. The Morgan fingerprint density at radius 2 is 2.15 bits per heavy atom. The summed E-state index contributed by atoms with van der Waals surface area (Å²) in [5.74, 6) is -0.625. The van der Waals surface area contributed by atoms with E-state index in [4.69, 9.17) is 0 Å². The Labute approximate surface area is 87.4 Å². The SMILES string of the molecule is CC(=O)NNC(=O)c1csc(Br)c1. The summed E-state index contributed by atoms with van der Waals surface area (Å²) in [5, 5.41) is 1.70. The van der Waals surface area contributed by atoms with Crippen molar-refractivity contribution in [1.82, 2.24) is 10.9 Å². The summed E-state index contributed by atoms with van der Waals surface area (Å²) < 4.78 is 0.875. The van der Waals surface area contributed by atoms with E-state index in [0.717, 1.165) is 3.79 Å². The molecule has 0 bridgehead atoms. The fraction of sp³-hybridized carbons (Fsp3) is 0.143. The maximum atomic E-state index is 11.2. The molecule has 1 aromatic heterocycles. The van der Waals surface area contributed by atoms with E-state index in [2.05, 4.69) is 26.8 Å². The number of thiophene rings is 1. The lowest BCUT2D eigenvalue weighted by Crippen LogP contribution is -2.40. The molecule has 0 unspecified atom stereocenters. The monoisotopic (exact) mass is 262 g/mol. The van der Waals surface area contributed by atoms with Crippen LogP contribution in [0.15, 0.2) is 15.2 Å². The Bertz CT molecular complexity index is 337. The van der Waals surface area contributed by atoms with Crippen molar-refractivity contribution in [1.29, 1.82) is 0 Å². The number of hydrazine groups is 1. The first-order valence-electron chi connectivity index (χ1n) is 3.40. The van der Waals surface area contributed by atoms with Gasteiger partial charge < -0.3 is 0 Å². The summed E-state index contributed by atoms with van der Waals surface area (Å²) in [6, 6.07) is 1.68. The molecule has 0 aliphatic rings. The molecule has 0 aliphatic heterocycles. The fourth-order valence-electron chi connectivity index (χ4n) is 0.646. The molecule has 1 aromatic rings. The Morgan fingerprint density at radius 1 is 1.46 bits per heavy atom. The number of halogens is 1. The summed E-state index contributed by atoms with van der Waals surface area (Å²) >= 11 is 4.64. The molecule has 13 heavy (non-hydrogen) atoms. The second kappa shape index (κ2) is 4.38. The smallest absolute Gasteiger partial charge is 0.270 e. The van der Waals surface area contributed by atoms with Gasteiger partial charge in [-0.3, -0.25) is 20.4 Å². The van der Waals surface area contributed by atoms with Gasteiger partial charge in [0.05, 0.1) is 9.35 Å². The van der Waals surface area contributed by atoms with Crippen LogP contribution in [0.4, 0.5) is 0 Å². The van der Waals surface area contributed by atoms with Gasteiger partial charge in [0, 0.05) is 12.3 Å². The minimum Gasteiger partial charge on any atom is -0.274 e. The van der Waals surface area contributed by atoms with Crippen molar-refractivity contribution in [2.45, 2.75) is 6.92 Å². The standard InChI is InChI=1S/C7H7BrN2O2S/c1-4(11)9-10-7(12)5-2-6(8)13-3-5/h2-3H,1H3,(H,9,11)(H,10,12). The predicted octanol–water partition coefficient (Wildman–Crippen LogP) is 1.29. The minimum atomic E-state index is -0.322. The largest absolute Gasteiger partial charge is 0.274 e. The first-order valence-corrected chi connectivity index (χ1v) is 5.08. The van der Waals surface area contributed by atoms with Crippen LogP contribution in [0.3, 0.4) is 0 Å². The lowest BCUT2D eigenvalue weighted by Gasteiger charge is -2.01. The van der Waals surface area contributed by atoms with Gasteiger partial charge in [-0.1, -0.05) is 0 Å². The van der Waals surface area contributed by atoms with Crippen LogP contribution in [0.25, 0.3) is 0 Å². The molecule has 0 saturated carbocycles. The van der Waals surface area contributed by atoms with Crippen LogP contribution in [-0.4, -0.2) is 11.8 Å². The second-order valence-corrected chi connectivity index (χ2v) is 4.57. The van der Waals surface area contributed by atoms with Crippen molar-refractivity contribution in [2.75, 3.05) is 0 Å². The Balaban J connectivity index is 2.54. The molecule has 1 heterocycles. The Morgan fingerprint density at radius 3 is 2.62 bits per heavy atom. The van der Waals surface area contributed by atoms with E-state index < -0.39 is 0 Å². The first kappa shape index (κ1) is 10.2. The third-order valence-corrected chi connectivity index (χ3v) is 2.69. The molecule has 0 fully saturated rings. The molecule has 6 heteroatoms. The number of amides is 2. The minimum absolute atomic E-state index is 0.303. The van der Waals surface area contributed by atoms with Crippen LogP contribution >= 0.6 is 27.3 Å². The molecule has 0 aromatic carbocycles. The molecular formula is C7H7BrN2O2S. The van der Waals surface area contributed by atoms with E-state index in [1.54, 1.807) is 11.4 Å². The zero-order valence-corrected chi connectivity index (χ0v) is 9.16. The molecule has 0 atom stereocenters. The predicted molar refractivity (Wildman–Crippen MR) is 53.3 cm³/mol. The normalized spacial score (nSPS) is 9.38. The highest BCUT2D eigenvalue weighted by molar-refractivity contribution is 9.11. The summed E-state index contributed by atoms with van der Waals surface area (Å²) in [4.78, 5) is 21.7. The molecule has 1 rings (SSSR count). The Hall–Kier alpha value is -0.880. The van der Waals surface area contributed by atoms with Crippen LogP contribution in [0, 0.1) is 0 Å². The average molecular weight is 263 g/mol. The molecule has 0 aliphatic carbocycles. The maximum Gasteiger partial charge on any atom is 0.270 e. The van der Waals surface area contributed by atoms with Crippen LogP contribution in [0.2, 0.25) is 0 Å². The van der Waals surface area contributed by atoms with Crippen molar-refractivity contribution in [2.24, 2.45) is 0 Å². The highest BCUT2D eigenvalue weighted by Gasteiger charge is 2.06. The average Bonchev–Trinajstić information content (AvgIpc) is 2.47. The van der Waals surface area contributed by atoms with Gasteiger partial charge in [-0.15, -0.1) is 11.3 Å². The van der Waals surface area contributed by atoms with Crippen LogP contribution < -0.4 is 10.9 Å². The molecule has 0 radical (unpaired) electrons. The number of nitrogens with one attached hydrogen (secondary N) is 2. The number of rotatable bonds is 1. The van der Waals surface area contributed by atoms with Crippen molar-refractivity contribution >= 4 is 39.1 Å². The van der Waals surface area contributed by atoms with Crippen molar-refractivity contribution in [3.63, 3.8) is 0 Å². The maximum absolute atomic E-state index is 11.2. The zero-order chi connectivity index (χ0) is 9.84. The Kier molecular flexibility index (Phi) is 3.44. The van der Waals surface area contributed by atoms with E-state index in [0.29, 0.717) is 5.56 Å². The van der Waals surface area contributed by atoms with E-state index in [-0.39, 0.29) is 11.8 Å². The first-order chi connectivity index (χ1) is 6.09. The molecule has 0 saturated heterocycles. The van der Waals surface area contributed by atoms with Gasteiger partial charge >= 0.3 is 0 Å². The van der Waals surface area contributed by atoms with Gasteiger partial charge in [0.1, 0.15) is 0 Å². The van der Waals surface area contributed by atoms with E-state index in [1.165, 1.54) is 18.3 Å². The van der Waals surface area contributed by atoms with Crippen molar-refractivity contribution in [3.8, 4) is 0 Å². The number of carbonyl (C=O) groups excluding carboxylic acids is 2. The van der Waals surface area contributed by atoms with Gasteiger partial charge in [-0.2, -0.15) is 0 Å². The molecule has 2 N–H and O–H groups in total. The van der Waals surface area contributed by atoms with E-state index in [9.17, 15) is 9.59 Å². The zero-order valence-electron chi connectivity index (χ0n) is 6.76. The molecule has 0 spiro atoms. The number of hydrogen-bond donors (Lipinski definition) is 2. The quantitative estimate of drug-likeness (QED) is 0.750. The van der Waals surface area contributed by atoms with Gasteiger partial charge in [0.15, 0.2) is 0 Å². The second-order valence-electron chi connectivity index (χ2n) is 2.27. The lowest BCUT2D eigenvalue weighted by atomic mass is 10.3. The van der Waals surface area contributed by atoms with E-state index >= 15 is 0 Å². The number of hydrogen-bond acceptors (Lipinski definition) is 3. The van der Waals surface area contributed by atoms with Gasteiger partial charge in [0.2, 0.25) is 5.91 Å². The third kappa shape index (κ3) is 3.16. The molecule has 2 amide bonds. The third-order valence-electron chi connectivity index (χ3n) is 1.18. The topological polar surface area (TPSA) is 58.2 Å². The van der Waals surface area contributed by atoms with Gasteiger partial charge in [-0.25, -0.2) is 0 Å². The highest BCUT2D eigenvalue weighted by Crippen LogP contribution is 2.20. The van der Waals surface area contributed by atoms with Crippen molar-refractivity contribution in [3.05, 3.63) is 20.8 Å². The van der Waals surface area contributed by atoms with Crippen LogP contribution in [0.1, 0.15) is 17.3 Å². The van der Waals surface area contributed by atoms with Gasteiger partial charge in [0.25, 0.3) is 5.91 Å². The van der Waals surface area contributed by atoms with Crippen LogP contribution in [-0.2, 0) is 4.79 Å². The van der Waals surface area contributed by atoms with Crippen molar-refractivity contribution < 1.29 is 9.59 Å². The van der Waals surface area contributed by atoms with E-state index in [1.807, 2.05) is 0 Å². The summed E-state index contributed by atoms with van der Waals surface area (Å²) in [6.45, 7) is 1.32. The van der Waals surface area contributed by atoms with Crippen LogP contribution in [0.5, 0.6) is 0 Å².